The summed E-state index contributed by atoms with van der Waals surface area (Å²) in [6.07, 6.45) is 3.87. The lowest BCUT2D eigenvalue weighted by Crippen LogP contribution is -1.87. The molecule has 0 aliphatic carbocycles. The van der Waals surface area contributed by atoms with E-state index in [1.54, 1.807) is 0 Å². The predicted octanol–water partition coefficient (Wildman–Crippen LogP) is 5.51. The normalized spacial score (nSPS) is 11.6. The molecule has 2 aromatic carbocycles. The molecule has 4 aromatic rings. The number of para-hydroxylation sites is 1. The van der Waals surface area contributed by atoms with Gasteiger partial charge in [0.05, 0.1) is 11.7 Å². The smallest absolute Gasteiger partial charge is 0.0657 e. The van der Waals surface area contributed by atoms with E-state index in [0.29, 0.717) is 5.92 Å². The van der Waals surface area contributed by atoms with Crippen LogP contribution in [0.1, 0.15) is 25.3 Å². The van der Waals surface area contributed by atoms with Gasteiger partial charge >= 0.3 is 0 Å². The van der Waals surface area contributed by atoms with E-state index >= 15 is 0 Å². The number of nitrogens with zero attached hydrogens (tertiary/aromatic N) is 1. The molecule has 0 aliphatic rings. The lowest BCUT2D eigenvalue weighted by atomic mass is 9.97. The van der Waals surface area contributed by atoms with E-state index in [-0.39, 0.29) is 0 Å². The molecule has 2 heterocycles. The number of pyridine rings is 1. The summed E-state index contributed by atoms with van der Waals surface area (Å²) in [6, 6.07) is 17.3. The summed E-state index contributed by atoms with van der Waals surface area (Å²) in [5, 5.41) is 2.51. The highest BCUT2D eigenvalue weighted by Gasteiger charge is 2.10. The maximum Gasteiger partial charge on any atom is 0.0657 e. The number of H-pyrrole nitrogens is 1. The average molecular weight is 286 g/mol. The maximum absolute atomic E-state index is 4.41. The number of aromatic amines is 1. The summed E-state index contributed by atoms with van der Waals surface area (Å²) in [5.74, 6) is 0.552. The molecule has 0 spiro atoms. The van der Waals surface area contributed by atoms with Crippen molar-refractivity contribution in [3.05, 3.63) is 66.5 Å². The second kappa shape index (κ2) is 4.99. The summed E-state index contributed by atoms with van der Waals surface area (Å²) >= 11 is 0. The van der Waals surface area contributed by atoms with E-state index in [1.165, 1.54) is 27.5 Å². The average Bonchev–Trinajstić information content (AvgIpc) is 2.93. The van der Waals surface area contributed by atoms with Crippen LogP contribution in [-0.4, -0.2) is 9.97 Å². The van der Waals surface area contributed by atoms with E-state index in [1.807, 2.05) is 12.4 Å². The van der Waals surface area contributed by atoms with Crippen LogP contribution < -0.4 is 0 Å². The highest BCUT2D eigenvalue weighted by atomic mass is 14.7. The summed E-state index contributed by atoms with van der Waals surface area (Å²) in [5.41, 5.74) is 6.01. The molecule has 1 N–H and O–H groups in total. The van der Waals surface area contributed by atoms with Crippen molar-refractivity contribution in [2.45, 2.75) is 19.8 Å². The van der Waals surface area contributed by atoms with Crippen molar-refractivity contribution in [3.63, 3.8) is 0 Å². The van der Waals surface area contributed by atoms with Gasteiger partial charge in [-0.05, 0) is 23.1 Å². The van der Waals surface area contributed by atoms with E-state index < -0.39 is 0 Å². The lowest BCUT2D eigenvalue weighted by Gasteiger charge is -2.08. The Bertz CT molecular complexity index is 946. The number of nitrogens with one attached hydrogen (secondary N) is 1. The Labute approximate surface area is 129 Å². The largest absolute Gasteiger partial charge is 0.353 e. The van der Waals surface area contributed by atoms with Crippen LogP contribution >= 0.6 is 0 Å². The molecule has 0 aliphatic heterocycles. The van der Waals surface area contributed by atoms with Gasteiger partial charge in [-0.25, -0.2) is 0 Å². The number of hydrogen-bond acceptors (Lipinski definition) is 1. The van der Waals surface area contributed by atoms with Crippen molar-refractivity contribution in [2.75, 3.05) is 0 Å². The van der Waals surface area contributed by atoms with Crippen molar-refractivity contribution in [2.24, 2.45) is 0 Å². The molecule has 0 saturated carbocycles. The van der Waals surface area contributed by atoms with Gasteiger partial charge in [-0.1, -0.05) is 56.3 Å². The first-order valence-corrected chi connectivity index (χ1v) is 7.69. The summed E-state index contributed by atoms with van der Waals surface area (Å²) in [4.78, 5) is 7.87. The van der Waals surface area contributed by atoms with Gasteiger partial charge in [0.25, 0.3) is 0 Å². The minimum absolute atomic E-state index is 0.552. The molecule has 2 heteroatoms. The lowest BCUT2D eigenvalue weighted by molar-refractivity contribution is 0.867. The van der Waals surface area contributed by atoms with E-state index in [4.69, 9.17) is 0 Å². The third-order valence-electron chi connectivity index (χ3n) is 4.30. The monoisotopic (exact) mass is 286 g/mol. The van der Waals surface area contributed by atoms with Crippen LogP contribution in [0.2, 0.25) is 0 Å². The maximum atomic E-state index is 4.41. The molecule has 0 fully saturated rings. The summed E-state index contributed by atoms with van der Waals surface area (Å²) in [7, 11) is 0. The fourth-order valence-corrected chi connectivity index (χ4v) is 3.07. The minimum atomic E-state index is 0.552. The Balaban J connectivity index is 1.98. The van der Waals surface area contributed by atoms with Crippen molar-refractivity contribution in [1.82, 2.24) is 9.97 Å². The van der Waals surface area contributed by atoms with Crippen LogP contribution in [0, 0.1) is 0 Å². The van der Waals surface area contributed by atoms with Gasteiger partial charge in [-0.15, -0.1) is 0 Å². The molecule has 4 rings (SSSR count). The molecule has 2 nitrogen and oxygen atoms in total. The van der Waals surface area contributed by atoms with Crippen molar-refractivity contribution in [1.29, 1.82) is 0 Å². The quantitative estimate of drug-likeness (QED) is 0.517. The van der Waals surface area contributed by atoms with E-state index in [2.05, 4.69) is 72.3 Å². The number of hydrogen-bond donors (Lipinski definition) is 1. The Morgan fingerprint density at radius 1 is 0.864 bits per heavy atom. The summed E-state index contributed by atoms with van der Waals surface area (Å²) in [6.45, 7) is 4.44. The standard InChI is InChI=1S/C20H18N2/c1-13(2)14-7-9-15(10-8-14)17-11-21-12-19-20(17)16-5-3-4-6-18(16)22-19/h3-13,22H,1-2H3. The van der Waals surface area contributed by atoms with Gasteiger partial charge in [0.15, 0.2) is 0 Å². The number of aromatic nitrogens is 2. The number of benzene rings is 2. The van der Waals surface area contributed by atoms with Crippen LogP contribution in [-0.2, 0) is 0 Å². The van der Waals surface area contributed by atoms with Crippen LogP contribution in [0.15, 0.2) is 60.9 Å². The zero-order chi connectivity index (χ0) is 15.1. The molecule has 108 valence electrons. The fourth-order valence-electron chi connectivity index (χ4n) is 3.07. The zero-order valence-electron chi connectivity index (χ0n) is 12.8. The molecule has 0 amide bonds. The first kappa shape index (κ1) is 13.1. The van der Waals surface area contributed by atoms with E-state index in [9.17, 15) is 0 Å². The topological polar surface area (TPSA) is 28.7 Å². The molecule has 0 saturated heterocycles. The summed E-state index contributed by atoms with van der Waals surface area (Å²) < 4.78 is 0. The predicted molar refractivity (Wildman–Crippen MR) is 93.1 cm³/mol. The molecule has 0 radical (unpaired) electrons. The first-order chi connectivity index (χ1) is 10.7. The minimum Gasteiger partial charge on any atom is -0.353 e. The number of fused-ring (bicyclic) bond motifs is 3. The Morgan fingerprint density at radius 3 is 2.41 bits per heavy atom. The Kier molecular flexibility index (Phi) is 2.97. The molecule has 22 heavy (non-hydrogen) atoms. The van der Waals surface area contributed by atoms with Gasteiger partial charge in [0.1, 0.15) is 0 Å². The second-order valence-corrected chi connectivity index (χ2v) is 6.06. The molecule has 0 bridgehead atoms. The van der Waals surface area contributed by atoms with Gasteiger partial charge in [0, 0.05) is 28.0 Å². The molecule has 0 atom stereocenters. The van der Waals surface area contributed by atoms with Crippen LogP contribution in [0.3, 0.4) is 0 Å². The Hall–Kier alpha value is -2.61. The van der Waals surface area contributed by atoms with Gasteiger partial charge in [0.2, 0.25) is 0 Å². The van der Waals surface area contributed by atoms with Gasteiger partial charge in [-0.3, -0.25) is 4.98 Å². The van der Waals surface area contributed by atoms with Gasteiger partial charge < -0.3 is 4.98 Å². The fraction of sp³-hybridized carbons (Fsp3) is 0.150. The SMILES string of the molecule is CC(C)c1ccc(-c2cncc3[nH]c4ccccc4c23)cc1. The Morgan fingerprint density at radius 2 is 1.64 bits per heavy atom. The van der Waals surface area contributed by atoms with E-state index in [0.717, 1.165) is 11.0 Å². The second-order valence-electron chi connectivity index (χ2n) is 6.06. The molecule has 2 aromatic heterocycles. The van der Waals surface area contributed by atoms with Gasteiger partial charge in [-0.2, -0.15) is 0 Å². The van der Waals surface area contributed by atoms with Crippen LogP contribution in [0.5, 0.6) is 0 Å². The molecule has 0 unspecified atom stereocenters. The zero-order valence-corrected chi connectivity index (χ0v) is 12.8. The van der Waals surface area contributed by atoms with Crippen molar-refractivity contribution < 1.29 is 0 Å². The molecular formula is C20H18N2. The highest BCUT2D eigenvalue weighted by Crippen LogP contribution is 2.34. The third-order valence-corrected chi connectivity index (χ3v) is 4.30. The van der Waals surface area contributed by atoms with Crippen molar-refractivity contribution in [3.8, 4) is 11.1 Å². The van der Waals surface area contributed by atoms with Crippen LogP contribution in [0.4, 0.5) is 0 Å². The number of rotatable bonds is 2. The van der Waals surface area contributed by atoms with Crippen LogP contribution in [0.25, 0.3) is 32.9 Å². The molecular weight excluding hydrogens is 268 g/mol. The highest BCUT2D eigenvalue weighted by molar-refractivity contribution is 6.13. The third kappa shape index (κ3) is 2.00. The first-order valence-electron chi connectivity index (χ1n) is 7.69. The van der Waals surface area contributed by atoms with Crippen molar-refractivity contribution >= 4 is 21.8 Å².